The third kappa shape index (κ3) is 2.46. The topological polar surface area (TPSA) is 57.6 Å². The average molecular weight is 323 g/mol. The van der Waals surface area contributed by atoms with Crippen LogP contribution in [0.4, 0.5) is 0 Å². The number of amides is 1. The summed E-state index contributed by atoms with van der Waals surface area (Å²) >= 11 is 0. The Hall–Kier alpha value is -2.36. The Morgan fingerprint density at radius 2 is 1.75 bits per heavy atom. The molecule has 1 aliphatic heterocycles. The fourth-order valence-electron chi connectivity index (χ4n) is 4.44. The summed E-state index contributed by atoms with van der Waals surface area (Å²) in [6.07, 6.45) is 4.78. The second-order valence-corrected chi connectivity index (χ2v) is 6.98. The number of benzene rings is 2. The smallest absolute Gasteiger partial charge is 0.326 e. The lowest BCUT2D eigenvalue weighted by molar-refractivity contribution is -0.141. The van der Waals surface area contributed by atoms with Crippen LogP contribution in [0.5, 0.6) is 0 Å². The van der Waals surface area contributed by atoms with E-state index < -0.39 is 12.0 Å². The van der Waals surface area contributed by atoms with Gasteiger partial charge in [-0.15, -0.1) is 0 Å². The van der Waals surface area contributed by atoms with E-state index in [9.17, 15) is 14.7 Å². The van der Waals surface area contributed by atoms with Crippen molar-refractivity contribution >= 4 is 22.6 Å². The minimum atomic E-state index is -0.876. The maximum atomic E-state index is 13.1. The summed E-state index contributed by atoms with van der Waals surface area (Å²) in [4.78, 5) is 26.5. The molecule has 0 spiro atoms. The fourth-order valence-corrected chi connectivity index (χ4v) is 4.44. The normalized spacial score (nSPS) is 26.3. The van der Waals surface area contributed by atoms with E-state index in [1.54, 1.807) is 4.90 Å². The summed E-state index contributed by atoms with van der Waals surface area (Å²) in [6.45, 7) is 0. The van der Waals surface area contributed by atoms with Gasteiger partial charge in [0, 0.05) is 11.6 Å². The van der Waals surface area contributed by atoms with Gasteiger partial charge < -0.3 is 10.0 Å². The molecule has 2 aromatic rings. The van der Waals surface area contributed by atoms with Gasteiger partial charge in [-0.2, -0.15) is 0 Å². The molecule has 4 heteroatoms. The molecule has 0 radical (unpaired) electrons. The van der Waals surface area contributed by atoms with Gasteiger partial charge in [-0.1, -0.05) is 43.2 Å². The zero-order valence-electron chi connectivity index (χ0n) is 13.5. The number of carboxylic acids is 1. The highest BCUT2D eigenvalue weighted by atomic mass is 16.4. The molecule has 4 rings (SSSR count). The van der Waals surface area contributed by atoms with Crippen LogP contribution < -0.4 is 0 Å². The third-order valence-corrected chi connectivity index (χ3v) is 5.60. The lowest BCUT2D eigenvalue weighted by Crippen LogP contribution is -2.46. The van der Waals surface area contributed by atoms with Crippen molar-refractivity contribution < 1.29 is 14.7 Å². The van der Waals surface area contributed by atoms with Crippen molar-refractivity contribution in [2.24, 2.45) is 5.92 Å². The van der Waals surface area contributed by atoms with Gasteiger partial charge in [0.25, 0.3) is 5.91 Å². The van der Waals surface area contributed by atoms with E-state index in [0.29, 0.717) is 17.9 Å². The molecule has 2 aliphatic rings. The van der Waals surface area contributed by atoms with E-state index >= 15 is 0 Å². The molecule has 0 unspecified atom stereocenters. The van der Waals surface area contributed by atoms with Crippen LogP contribution >= 0.6 is 0 Å². The second-order valence-electron chi connectivity index (χ2n) is 6.98. The molecule has 2 fully saturated rings. The van der Waals surface area contributed by atoms with Crippen molar-refractivity contribution in [3.8, 4) is 0 Å². The number of aliphatic carboxylic acids is 1. The molecule has 0 aromatic heterocycles. The number of likely N-dealkylation sites (tertiary alicyclic amines) is 1. The lowest BCUT2D eigenvalue weighted by Gasteiger charge is -2.33. The molecule has 4 nitrogen and oxygen atoms in total. The van der Waals surface area contributed by atoms with Gasteiger partial charge in [-0.25, -0.2) is 4.79 Å². The van der Waals surface area contributed by atoms with E-state index in [0.717, 1.165) is 36.5 Å². The van der Waals surface area contributed by atoms with Crippen molar-refractivity contribution in [1.82, 2.24) is 4.90 Å². The summed E-state index contributed by atoms with van der Waals surface area (Å²) < 4.78 is 0. The van der Waals surface area contributed by atoms with Crippen LogP contribution in [-0.2, 0) is 4.79 Å². The predicted molar refractivity (Wildman–Crippen MR) is 91.9 cm³/mol. The number of fused-ring (bicyclic) bond motifs is 2. The molecule has 3 atom stereocenters. The fraction of sp³-hybridized carbons (Fsp3) is 0.400. The maximum absolute atomic E-state index is 13.1. The van der Waals surface area contributed by atoms with Crippen molar-refractivity contribution in [3.63, 3.8) is 0 Å². The van der Waals surface area contributed by atoms with Crippen LogP contribution in [0.1, 0.15) is 42.5 Å². The molecular weight excluding hydrogens is 302 g/mol. The van der Waals surface area contributed by atoms with Crippen molar-refractivity contribution in [2.45, 2.75) is 44.2 Å². The Morgan fingerprint density at radius 1 is 1.00 bits per heavy atom. The Kier molecular flexibility index (Phi) is 3.75. The first-order valence-corrected chi connectivity index (χ1v) is 8.69. The lowest BCUT2D eigenvalue weighted by atomic mass is 9.84. The number of rotatable bonds is 2. The minimum absolute atomic E-state index is 0.0822. The van der Waals surface area contributed by atoms with E-state index in [1.165, 1.54) is 0 Å². The first kappa shape index (κ1) is 15.2. The molecule has 2 aromatic carbocycles. The Bertz CT molecular complexity index is 800. The number of carbonyl (C=O) groups is 2. The molecule has 24 heavy (non-hydrogen) atoms. The largest absolute Gasteiger partial charge is 0.480 e. The van der Waals surface area contributed by atoms with E-state index in [2.05, 4.69) is 0 Å². The molecule has 1 heterocycles. The summed E-state index contributed by atoms with van der Waals surface area (Å²) in [5.74, 6) is -0.676. The number of carbonyl (C=O) groups excluding carboxylic acids is 1. The number of carboxylic acid groups (broad SMARTS) is 1. The number of nitrogens with zero attached hydrogens (tertiary/aromatic N) is 1. The van der Waals surface area contributed by atoms with Gasteiger partial charge in [0.1, 0.15) is 6.04 Å². The van der Waals surface area contributed by atoms with Crippen molar-refractivity contribution in [2.75, 3.05) is 0 Å². The van der Waals surface area contributed by atoms with Crippen LogP contribution in [0.3, 0.4) is 0 Å². The number of hydrogen-bond donors (Lipinski definition) is 1. The SMILES string of the molecule is O=C(O)[C@H]1C[C@H]2CCCC[C@@H]2N1C(=O)c1ccc2ccccc2c1. The van der Waals surface area contributed by atoms with E-state index in [1.807, 2.05) is 42.5 Å². The number of hydrogen-bond acceptors (Lipinski definition) is 2. The molecule has 0 bridgehead atoms. The zero-order valence-corrected chi connectivity index (χ0v) is 13.5. The van der Waals surface area contributed by atoms with Crippen LogP contribution in [0.25, 0.3) is 10.8 Å². The van der Waals surface area contributed by atoms with Gasteiger partial charge in [0.15, 0.2) is 0 Å². The van der Waals surface area contributed by atoms with Crippen molar-refractivity contribution in [3.05, 3.63) is 48.0 Å². The van der Waals surface area contributed by atoms with Gasteiger partial charge in [-0.05, 0) is 48.1 Å². The quantitative estimate of drug-likeness (QED) is 0.917. The van der Waals surface area contributed by atoms with Crippen LogP contribution in [0, 0.1) is 5.92 Å². The van der Waals surface area contributed by atoms with Gasteiger partial charge in [0.2, 0.25) is 0 Å². The molecule has 1 saturated heterocycles. The van der Waals surface area contributed by atoms with Gasteiger partial charge in [-0.3, -0.25) is 4.79 Å². The van der Waals surface area contributed by atoms with Crippen LogP contribution in [-0.4, -0.2) is 34.0 Å². The highest BCUT2D eigenvalue weighted by Gasteiger charge is 2.47. The Labute approximate surface area is 141 Å². The minimum Gasteiger partial charge on any atom is -0.480 e. The standard InChI is InChI=1S/C20H21NO3/c22-19(16-10-9-13-5-1-2-6-14(13)11-16)21-17-8-4-3-7-15(17)12-18(21)20(23)24/h1-2,5-6,9-11,15,17-18H,3-4,7-8,12H2,(H,23,24)/t15-,17+,18-/m1/s1. The van der Waals surface area contributed by atoms with Gasteiger partial charge in [0.05, 0.1) is 0 Å². The molecule has 1 aliphatic carbocycles. The predicted octanol–water partition coefficient (Wildman–Crippen LogP) is 3.70. The van der Waals surface area contributed by atoms with Crippen LogP contribution in [0.15, 0.2) is 42.5 Å². The Morgan fingerprint density at radius 3 is 2.54 bits per heavy atom. The molecule has 124 valence electrons. The monoisotopic (exact) mass is 323 g/mol. The second kappa shape index (κ2) is 5.93. The highest BCUT2D eigenvalue weighted by molar-refractivity contribution is 6.00. The third-order valence-electron chi connectivity index (χ3n) is 5.60. The Balaban J connectivity index is 1.70. The summed E-state index contributed by atoms with van der Waals surface area (Å²) in [6, 6.07) is 12.9. The first-order chi connectivity index (χ1) is 11.6. The highest BCUT2D eigenvalue weighted by Crippen LogP contribution is 2.40. The molecule has 1 saturated carbocycles. The van der Waals surface area contributed by atoms with Gasteiger partial charge >= 0.3 is 5.97 Å². The summed E-state index contributed by atoms with van der Waals surface area (Å²) in [7, 11) is 0. The first-order valence-electron chi connectivity index (χ1n) is 8.69. The van der Waals surface area contributed by atoms with Crippen molar-refractivity contribution in [1.29, 1.82) is 0 Å². The van der Waals surface area contributed by atoms with Crippen LogP contribution in [0.2, 0.25) is 0 Å². The molecule has 1 amide bonds. The zero-order chi connectivity index (χ0) is 16.7. The average Bonchev–Trinajstić information content (AvgIpc) is 3.00. The van der Waals surface area contributed by atoms with E-state index in [-0.39, 0.29) is 11.9 Å². The molecule has 1 N–H and O–H groups in total. The van der Waals surface area contributed by atoms with E-state index in [4.69, 9.17) is 0 Å². The summed E-state index contributed by atoms with van der Waals surface area (Å²) in [5.41, 5.74) is 0.589. The molecular formula is C20H21NO3. The summed E-state index contributed by atoms with van der Waals surface area (Å²) in [5, 5.41) is 11.7. The maximum Gasteiger partial charge on any atom is 0.326 e.